The summed E-state index contributed by atoms with van der Waals surface area (Å²) in [6.45, 7) is 2.34. The molecule has 0 radical (unpaired) electrons. The number of hydrogen-bond acceptors (Lipinski definition) is 3. The lowest BCUT2D eigenvalue weighted by molar-refractivity contribution is -0.116. The number of nitrogens with one attached hydrogen (secondary N) is 1. The lowest BCUT2D eigenvalue weighted by Gasteiger charge is -2.09. The van der Waals surface area contributed by atoms with Gasteiger partial charge in [0.25, 0.3) is 0 Å². The van der Waals surface area contributed by atoms with E-state index in [1.807, 2.05) is 37.3 Å². The number of hydrogen-bond donors (Lipinski definition) is 2. The van der Waals surface area contributed by atoms with Crippen LogP contribution in [0.1, 0.15) is 18.4 Å². The number of halogens is 1. The Labute approximate surface area is 138 Å². The predicted octanol–water partition coefficient (Wildman–Crippen LogP) is 4.26. The van der Waals surface area contributed by atoms with E-state index in [9.17, 15) is 9.90 Å². The lowest BCUT2D eigenvalue weighted by atomic mass is 10.2. The first kappa shape index (κ1) is 16.4. The Hall–Kier alpha value is -2.01. The summed E-state index contributed by atoms with van der Waals surface area (Å²) in [5, 5.41) is 12.4. The van der Waals surface area contributed by atoms with Gasteiger partial charge in [0.15, 0.2) is 0 Å². The molecular weight excluding hydrogens is 346 g/mol. The largest absolute Gasteiger partial charge is 0.506 e. The van der Waals surface area contributed by atoms with Gasteiger partial charge in [-0.25, -0.2) is 0 Å². The number of aromatic hydroxyl groups is 1. The quantitative estimate of drug-likeness (QED) is 0.595. The molecule has 0 unspecified atom stereocenters. The fourth-order valence-electron chi connectivity index (χ4n) is 1.94. The number of rotatable bonds is 6. The summed E-state index contributed by atoms with van der Waals surface area (Å²) in [6.07, 6.45) is 0.937. The van der Waals surface area contributed by atoms with Crippen molar-refractivity contribution in [3.8, 4) is 11.5 Å². The van der Waals surface area contributed by atoms with Gasteiger partial charge in [0.1, 0.15) is 11.5 Å². The molecule has 0 aliphatic rings. The Kier molecular flexibility index (Phi) is 5.83. The van der Waals surface area contributed by atoms with Gasteiger partial charge in [-0.1, -0.05) is 28.1 Å². The number of amides is 1. The highest BCUT2D eigenvalue weighted by molar-refractivity contribution is 9.10. The second kappa shape index (κ2) is 7.84. The van der Waals surface area contributed by atoms with E-state index in [-0.39, 0.29) is 11.7 Å². The zero-order valence-corrected chi connectivity index (χ0v) is 13.9. The summed E-state index contributed by atoms with van der Waals surface area (Å²) in [4.78, 5) is 11.8. The molecule has 2 aromatic rings. The maximum Gasteiger partial charge on any atom is 0.224 e. The van der Waals surface area contributed by atoms with E-state index >= 15 is 0 Å². The molecule has 0 saturated heterocycles. The highest BCUT2D eigenvalue weighted by atomic mass is 79.9. The van der Waals surface area contributed by atoms with Crippen molar-refractivity contribution in [3.05, 3.63) is 52.5 Å². The molecule has 0 bridgehead atoms. The van der Waals surface area contributed by atoms with Crippen molar-refractivity contribution in [1.82, 2.24) is 0 Å². The highest BCUT2D eigenvalue weighted by Crippen LogP contribution is 2.24. The van der Waals surface area contributed by atoms with Crippen LogP contribution < -0.4 is 10.1 Å². The number of benzene rings is 2. The molecule has 0 fully saturated rings. The molecule has 0 atom stereocenters. The summed E-state index contributed by atoms with van der Waals surface area (Å²) in [5.41, 5.74) is 1.38. The van der Waals surface area contributed by atoms with E-state index < -0.39 is 0 Å². The Morgan fingerprint density at radius 2 is 2.09 bits per heavy atom. The van der Waals surface area contributed by atoms with Crippen LogP contribution in [0.4, 0.5) is 5.69 Å². The fourth-order valence-corrected chi connectivity index (χ4v) is 2.32. The molecule has 1 amide bonds. The molecule has 5 heteroatoms. The van der Waals surface area contributed by atoms with Crippen LogP contribution in [0.15, 0.2) is 46.9 Å². The molecule has 0 aliphatic carbocycles. The predicted molar refractivity (Wildman–Crippen MR) is 90.3 cm³/mol. The van der Waals surface area contributed by atoms with Crippen LogP contribution in [-0.4, -0.2) is 17.6 Å². The summed E-state index contributed by atoms with van der Waals surface area (Å²) in [5.74, 6) is 0.710. The van der Waals surface area contributed by atoms with E-state index in [1.165, 1.54) is 0 Å². The standard InChI is InChI=1S/C17H18BrNO3/c1-12-7-8-15(16(20)10-12)19-17(21)6-3-9-22-14-5-2-4-13(18)11-14/h2,4-5,7-8,10-11,20H,3,6,9H2,1H3,(H,19,21). The van der Waals surface area contributed by atoms with Crippen LogP contribution in [0.5, 0.6) is 11.5 Å². The van der Waals surface area contributed by atoms with Gasteiger partial charge >= 0.3 is 0 Å². The van der Waals surface area contributed by atoms with E-state index in [0.29, 0.717) is 25.1 Å². The van der Waals surface area contributed by atoms with Gasteiger partial charge in [-0.05, 0) is 49.2 Å². The minimum absolute atomic E-state index is 0.0822. The number of anilines is 1. The van der Waals surface area contributed by atoms with Crippen LogP contribution in [-0.2, 0) is 4.79 Å². The van der Waals surface area contributed by atoms with Gasteiger partial charge in [0.05, 0.1) is 12.3 Å². The van der Waals surface area contributed by atoms with Crippen molar-refractivity contribution in [2.45, 2.75) is 19.8 Å². The minimum atomic E-state index is -0.142. The third-order valence-electron chi connectivity index (χ3n) is 3.04. The SMILES string of the molecule is Cc1ccc(NC(=O)CCCOc2cccc(Br)c2)c(O)c1. The Bertz CT molecular complexity index is 658. The fraction of sp³-hybridized carbons (Fsp3) is 0.235. The van der Waals surface area contributed by atoms with Crippen LogP contribution in [0.2, 0.25) is 0 Å². The van der Waals surface area contributed by atoms with Crippen molar-refractivity contribution in [1.29, 1.82) is 0 Å². The first-order valence-corrected chi connectivity index (χ1v) is 7.82. The van der Waals surface area contributed by atoms with Gasteiger partial charge in [0.2, 0.25) is 5.91 Å². The van der Waals surface area contributed by atoms with Gasteiger partial charge in [0, 0.05) is 10.9 Å². The molecule has 2 N–H and O–H groups in total. The van der Waals surface area contributed by atoms with Crippen LogP contribution in [0.3, 0.4) is 0 Å². The molecule has 0 saturated carbocycles. The molecule has 116 valence electrons. The lowest BCUT2D eigenvalue weighted by Crippen LogP contribution is -2.13. The van der Waals surface area contributed by atoms with Crippen LogP contribution in [0, 0.1) is 6.92 Å². The minimum Gasteiger partial charge on any atom is -0.506 e. The second-order valence-corrected chi connectivity index (χ2v) is 5.89. The molecule has 0 spiro atoms. The van der Waals surface area contributed by atoms with Gasteiger partial charge in [-0.3, -0.25) is 4.79 Å². The van der Waals surface area contributed by atoms with Gasteiger partial charge in [-0.2, -0.15) is 0 Å². The summed E-state index contributed by atoms with van der Waals surface area (Å²) in [6, 6.07) is 12.7. The zero-order chi connectivity index (χ0) is 15.9. The second-order valence-electron chi connectivity index (χ2n) is 4.98. The molecule has 2 rings (SSSR count). The Morgan fingerprint density at radius 3 is 2.82 bits per heavy atom. The summed E-state index contributed by atoms with van der Waals surface area (Å²) < 4.78 is 6.52. The van der Waals surface area contributed by atoms with E-state index in [1.54, 1.807) is 12.1 Å². The normalized spacial score (nSPS) is 10.3. The van der Waals surface area contributed by atoms with Crippen molar-refractivity contribution in [3.63, 3.8) is 0 Å². The highest BCUT2D eigenvalue weighted by Gasteiger charge is 2.06. The number of carbonyl (C=O) groups excluding carboxylic acids is 1. The molecule has 2 aromatic carbocycles. The van der Waals surface area contributed by atoms with Gasteiger partial charge < -0.3 is 15.2 Å². The maximum absolute atomic E-state index is 11.8. The van der Waals surface area contributed by atoms with Crippen molar-refractivity contribution in [2.75, 3.05) is 11.9 Å². The molecule has 0 heterocycles. The first-order chi connectivity index (χ1) is 10.5. The summed E-state index contributed by atoms with van der Waals surface area (Å²) >= 11 is 3.38. The van der Waals surface area contributed by atoms with E-state index in [0.717, 1.165) is 15.8 Å². The molecular formula is C17H18BrNO3. The molecule has 0 aromatic heterocycles. The van der Waals surface area contributed by atoms with E-state index in [4.69, 9.17) is 4.74 Å². The number of phenols is 1. The Balaban J connectivity index is 1.74. The topological polar surface area (TPSA) is 58.6 Å². The van der Waals surface area contributed by atoms with Crippen molar-refractivity contribution < 1.29 is 14.6 Å². The third-order valence-corrected chi connectivity index (χ3v) is 3.53. The third kappa shape index (κ3) is 5.07. The summed E-state index contributed by atoms with van der Waals surface area (Å²) in [7, 11) is 0. The first-order valence-electron chi connectivity index (χ1n) is 7.02. The average molecular weight is 364 g/mol. The monoisotopic (exact) mass is 363 g/mol. The zero-order valence-electron chi connectivity index (χ0n) is 12.3. The van der Waals surface area contributed by atoms with Crippen LogP contribution in [0.25, 0.3) is 0 Å². The average Bonchev–Trinajstić information content (AvgIpc) is 2.47. The number of phenolic OH excluding ortho intramolecular Hbond substituents is 1. The maximum atomic E-state index is 11.8. The smallest absolute Gasteiger partial charge is 0.224 e. The van der Waals surface area contributed by atoms with Crippen molar-refractivity contribution >= 4 is 27.5 Å². The number of carbonyl (C=O) groups is 1. The van der Waals surface area contributed by atoms with Gasteiger partial charge in [-0.15, -0.1) is 0 Å². The van der Waals surface area contributed by atoms with Crippen molar-refractivity contribution in [2.24, 2.45) is 0 Å². The molecule has 0 aliphatic heterocycles. The number of ether oxygens (including phenoxy) is 1. The van der Waals surface area contributed by atoms with Crippen LogP contribution >= 0.6 is 15.9 Å². The van der Waals surface area contributed by atoms with E-state index in [2.05, 4.69) is 21.2 Å². The Morgan fingerprint density at radius 1 is 1.27 bits per heavy atom. The molecule has 22 heavy (non-hydrogen) atoms. The molecule has 4 nitrogen and oxygen atoms in total. The number of aryl methyl sites for hydroxylation is 1.